The Morgan fingerprint density at radius 1 is 1.35 bits per heavy atom. The summed E-state index contributed by atoms with van der Waals surface area (Å²) in [6.07, 6.45) is 5.20. The summed E-state index contributed by atoms with van der Waals surface area (Å²) >= 11 is 6.07. The Morgan fingerprint density at radius 2 is 2.05 bits per heavy atom. The van der Waals surface area contributed by atoms with E-state index in [0.717, 1.165) is 17.3 Å². The minimum atomic E-state index is -0.0708. The summed E-state index contributed by atoms with van der Waals surface area (Å²) in [6.45, 7) is 2.94. The molecule has 0 bridgehead atoms. The molecule has 0 unspecified atom stereocenters. The fourth-order valence-corrected chi connectivity index (χ4v) is 2.90. The molecule has 1 fully saturated rings. The van der Waals surface area contributed by atoms with Crippen molar-refractivity contribution in [3.63, 3.8) is 0 Å². The van der Waals surface area contributed by atoms with E-state index in [9.17, 15) is 4.79 Å². The van der Waals surface area contributed by atoms with Crippen molar-refractivity contribution in [2.45, 2.75) is 26.2 Å². The lowest BCUT2D eigenvalue weighted by Gasteiger charge is -2.38. The number of rotatable bonds is 3. The standard InChI is InChI=1S/C16H17ClN2O/c1-16(7-4-8-16)10-19-15(20)13-9-18-14(17)12-6-3-2-5-11(12)13/h2-3,5-6,9H,4,7-8,10H2,1H3,(H,19,20). The molecule has 0 radical (unpaired) electrons. The number of halogens is 1. The molecule has 1 aliphatic carbocycles. The van der Waals surface area contributed by atoms with Crippen LogP contribution in [0.3, 0.4) is 0 Å². The fourth-order valence-electron chi connectivity index (χ4n) is 2.69. The third kappa shape index (κ3) is 2.38. The minimum absolute atomic E-state index is 0.0708. The summed E-state index contributed by atoms with van der Waals surface area (Å²) in [5.41, 5.74) is 0.860. The predicted molar refractivity (Wildman–Crippen MR) is 81.0 cm³/mol. The lowest BCUT2D eigenvalue weighted by atomic mass is 9.70. The number of pyridine rings is 1. The maximum atomic E-state index is 12.4. The maximum Gasteiger partial charge on any atom is 0.253 e. The van der Waals surface area contributed by atoms with E-state index in [0.29, 0.717) is 10.7 Å². The number of nitrogens with one attached hydrogen (secondary N) is 1. The van der Waals surface area contributed by atoms with Crippen molar-refractivity contribution in [2.24, 2.45) is 5.41 Å². The first-order valence-electron chi connectivity index (χ1n) is 6.91. The van der Waals surface area contributed by atoms with Crippen molar-refractivity contribution in [3.05, 3.63) is 41.2 Å². The van der Waals surface area contributed by atoms with Crippen molar-refractivity contribution < 1.29 is 4.79 Å². The molecule has 20 heavy (non-hydrogen) atoms. The topological polar surface area (TPSA) is 42.0 Å². The zero-order valence-electron chi connectivity index (χ0n) is 11.4. The Hall–Kier alpha value is -1.61. The number of aromatic nitrogens is 1. The first kappa shape index (κ1) is 13.4. The first-order valence-corrected chi connectivity index (χ1v) is 7.28. The summed E-state index contributed by atoms with van der Waals surface area (Å²) in [5, 5.41) is 5.13. The van der Waals surface area contributed by atoms with Gasteiger partial charge in [0.15, 0.2) is 0 Å². The van der Waals surface area contributed by atoms with Gasteiger partial charge in [0.1, 0.15) is 5.15 Å². The highest BCUT2D eigenvalue weighted by Crippen LogP contribution is 2.39. The number of carbonyl (C=O) groups excluding carboxylic acids is 1. The van der Waals surface area contributed by atoms with E-state index in [1.807, 2.05) is 24.3 Å². The summed E-state index contributed by atoms with van der Waals surface area (Å²) < 4.78 is 0. The van der Waals surface area contributed by atoms with Crippen molar-refractivity contribution in [3.8, 4) is 0 Å². The highest BCUT2D eigenvalue weighted by Gasteiger charge is 2.32. The Bertz CT molecular complexity index is 665. The number of benzene rings is 1. The van der Waals surface area contributed by atoms with Gasteiger partial charge in [-0.3, -0.25) is 4.79 Å². The fraction of sp³-hybridized carbons (Fsp3) is 0.375. The van der Waals surface area contributed by atoms with Crippen LogP contribution >= 0.6 is 11.6 Å². The van der Waals surface area contributed by atoms with Gasteiger partial charge in [-0.2, -0.15) is 0 Å². The summed E-state index contributed by atoms with van der Waals surface area (Å²) in [6, 6.07) is 7.59. The Labute approximate surface area is 123 Å². The van der Waals surface area contributed by atoms with Crippen LogP contribution in [-0.4, -0.2) is 17.4 Å². The quantitative estimate of drug-likeness (QED) is 0.873. The normalized spacial score (nSPS) is 16.7. The second kappa shape index (κ2) is 5.06. The molecule has 1 aromatic heterocycles. The number of carbonyl (C=O) groups is 1. The zero-order chi connectivity index (χ0) is 14.2. The molecular formula is C16H17ClN2O. The molecule has 4 heteroatoms. The number of fused-ring (bicyclic) bond motifs is 1. The monoisotopic (exact) mass is 288 g/mol. The zero-order valence-corrected chi connectivity index (χ0v) is 12.2. The average molecular weight is 289 g/mol. The lowest BCUT2D eigenvalue weighted by Crippen LogP contribution is -2.40. The van der Waals surface area contributed by atoms with Crippen LogP contribution in [0.15, 0.2) is 30.5 Å². The number of hydrogen-bond donors (Lipinski definition) is 1. The third-order valence-corrected chi connectivity index (χ3v) is 4.53. The van der Waals surface area contributed by atoms with Gasteiger partial charge in [0, 0.05) is 18.1 Å². The van der Waals surface area contributed by atoms with Gasteiger partial charge in [0.2, 0.25) is 0 Å². The van der Waals surface area contributed by atoms with Gasteiger partial charge in [-0.15, -0.1) is 0 Å². The Balaban J connectivity index is 1.86. The SMILES string of the molecule is CC1(CNC(=O)c2cnc(Cl)c3ccccc23)CCC1. The van der Waals surface area contributed by atoms with Crippen LogP contribution in [0.25, 0.3) is 10.8 Å². The number of nitrogens with zero attached hydrogens (tertiary/aromatic N) is 1. The van der Waals surface area contributed by atoms with Crippen LogP contribution in [0, 0.1) is 5.41 Å². The highest BCUT2D eigenvalue weighted by molar-refractivity contribution is 6.34. The van der Waals surface area contributed by atoms with Crippen molar-refractivity contribution in [1.29, 1.82) is 0 Å². The van der Waals surface area contributed by atoms with Gasteiger partial charge in [0.05, 0.1) is 5.56 Å². The van der Waals surface area contributed by atoms with E-state index in [2.05, 4.69) is 17.2 Å². The largest absolute Gasteiger partial charge is 0.351 e. The van der Waals surface area contributed by atoms with E-state index < -0.39 is 0 Å². The van der Waals surface area contributed by atoms with E-state index in [1.165, 1.54) is 19.3 Å². The van der Waals surface area contributed by atoms with Crippen LogP contribution in [0.5, 0.6) is 0 Å². The van der Waals surface area contributed by atoms with Crippen molar-refractivity contribution in [2.75, 3.05) is 6.54 Å². The molecule has 0 atom stereocenters. The molecule has 1 aliphatic rings. The van der Waals surface area contributed by atoms with Crippen LogP contribution in [0.1, 0.15) is 36.5 Å². The van der Waals surface area contributed by atoms with Gasteiger partial charge in [0.25, 0.3) is 5.91 Å². The van der Waals surface area contributed by atoms with E-state index >= 15 is 0 Å². The second-order valence-electron chi connectivity index (χ2n) is 5.86. The van der Waals surface area contributed by atoms with Crippen LogP contribution < -0.4 is 5.32 Å². The highest BCUT2D eigenvalue weighted by atomic mass is 35.5. The molecule has 3 nitrogen and oxygen atoms in total. The number of hydrogen-bond acceptors (Lipinski definition) is 2. The van der Waals surface area contributed by atoms with E-state index in [4.69, 9.17) is 11.6 Å². The first-order chi connectivity index (χ1) is 9.59. The molecule has 1 amide bonds. The van der Waals surface area contributed by atoms with Crippen molar-refractivity contribution in [1.82, 2.24) is 10.3 Å². The molecule has 104 valence electrons. The third-order valence-electron chi connectivity index (χ3n) is 4.23. The smallest absolute Gasteiger partial charge is 0.253 e. The molecule has 1 saturated carbocycles. The summed E-state index contributed by atoms with van der Waals surface area (Å²) in [7, 11) is 0. The molecule has 2 aromatic rings. The molecular weight excluding hydrogens is 272 g/mol. The predicted octanol–water partition coefficient (Wildman–Crippen LogP) is 3.81. The van der Waals surface area contributed by atoms with Crippen LogP contribution in [0.4, 0.5) is 0 Å². The Morgan fingerprint density at radius 3 is 2.70 bits per heavy atom. The molecule has 0 spiro atoms. The summed E-state index contributed by atoms with van der Waals surface area (Å²) in [5.74, 6) is -0.0708. The molecule has 0 aliphatic heterocycles. The molecule has 1 heterocycles. The van der Waals surface area contributed by atoms with E-state index in [1.54, 1.807) is 6.20 Å². The Kier molecular flexibility index (Phi) is 3.38. The lowest BCUT2D eigenvalue weighted by molar-refractivity contribution is 0.0892. The van der Waals surface area contributed by atoms with Gasteiger partial charge in [-0.1, -0.05) is 49.2 Å². The van der Waals surface area contributed by atoms with Gasteiger partial charge in [-0.25, -0.2) is 4.98 Å². The second-order valence-corrected chi connectivity index (χ2v) is 6.21. The van der Waals surface area contributed by atoms with Crippen molar-refractivity contribution >= 4 is 28.3 Å². The molecule has 3 rings (SSSR count). The van der Waals surface area contributed by atoms with E-state index in [-0.39, 0.29) is 11.3 Å². The summed E-state index contributed by atoms with van der Waals surface area (Å²) in [4.78, 5) is 16.5. The van der Waals surface area contributed by atoms with Gasteiger partial charge in [-0.05, 0) is 23.6 Å². The average Bonchev–Trinajstić information content (AvgIpc) is 2.43. The van der Waals surface area contributed by atoms with Crippen LogP contribution in [-0.2, 0) is 0 Å². The number of amides is 1. The molecule has 1 aromatic carbocycles. The molecule has 0 saturated heterocycles. The minimum Gasteiger partial charge on any atom is -0.351 e. The van der Waals surface area contributed by atoms with Gasteiger partial charge < -0.3 is 5.32 Å². The van der Waals surface area contributed by atoms with Crippen LogP contribution in [0.2, 0.25) is 5.15 Å². The molecule has 1 N–H and O–H groups in total. The maximum absolute atomic E-state index is 12.4. The van der Waals surface area contributed by atoms with Gasteiger partial charge >= 0.3 is 0 Å².